The molecule has 1 N–H and O–H groups in total. The molecule has 0 amide bonds. The molecule has 0 saturated heterocycles. The van der Waals surface area contributed by atoms with Gasteiger partial charge in [-0.25, -0.2) is 0 Å². The Morgan fingerprint density at radius 1 is 0.482 bits per heavy atom. The zero-order valence-electron chi connectivity index (χ0n) is 37.5. The van der Waals surface area contributed by atoms with Crippen LogP contribution >= 0.6 is 0 Å². The average molecular weight is 791 g/mol. The molecule has 0 spiro atoms. The molecule has 0 aromatic heterocycles. The minimum atomic E-state index is -0.302. The number of rotatable bonds is 43. The fourth-order valence-electron chi connectivity index (χ4n) is 7.19. The molecule has 0 heterocycles. The summed E-state index contributed by atoms with van der Waals surface area (Å²) < 4.78 is 11.8. The van der Waals surface area contributed by atoms with Crippen molar-refractivity contribution >= 4 is 17.7 Å². The van der Waals surface area contributed by atoms with Gasteiger partial charge in [0.15, 0.2) is 0 Å². The number of hydrogen-bond acceptors (Lipinski definition) is 6. The van der Waals surface area contributed by atoms with Crippen LogP contribution in [0.15, 0.2) is 24.3 Å². The third-order valence-corrected chi connectivity index (χ3v) is 11.1. The zero-order valence-corrected chi connectivity index (χ0v) is 37.5. The highest BCUT2D eigenvalue weighted by molar-refractivity contribution is 5.81. The number of aliphatic hydroxyl groups excluding tert-OH is 1. The monoisotopic (exact) mass is 791 g/mol. The van der Waals surface area contributed by atoms with Gasteiger partial charge in [-0.1, -0.05) is 141 Å². The average Bonchev–Trinajstić information content (AvgIpc) is 3.17. The summed E-state index contributed by atoms with van der Waals surface area (Å²) in [6, 6.07) is 0. The third-order valence-electron chi connectivity index (χ3n) is 11.1. The molecule has 7 heteroatoms. The van der Waals surface area contributed by atoms with E-state index in [0.29, 0.717) is 43.1 Å². The molecule has 56 heavy (non-hydrogen) atoms. The van der Waals surface area contributed by atoms with Crippen molar-refractivity contribution in [1.82, 2.24) is 0 Å². The first-order chi connectivity index (χ1) is 27.3. The summed E-state index contributed by atoms with van der Waals surface area (Å²) in [5.74, 6) is -0.550. The minimum Gasteiger partial charge on any atom is -0.466 e. The lowest BCUT2D eigenvalue weighted by Crippen LogP contribution is -2.42. The van der Waals surface area contributed by atoms with Gasteiger partial charge in [-0.2, -0.15) is 0 Å². The van der Waals surface area contributed by atoms with Crippen molar-refractivity contribution in [3.63, 3.8) is 0 Å². The van der Waals surface area contributed by atoms with Crippen LogP contribution in [0.25, 0.3) is 0 Å². The molecule has 0 aliphatic carbocycles. The molecule has 0 radical (unpaired) electrons. The molecule has 0 unspecified atom stereocenters. The Morgan fingerprint density at radius 2 is 0.839 bits per heavy atom. The number of allylic oxidation sites excluding steroid dienone is 4. The van der Waals surface area contributed by atoms with Gasteiger partial charge in [0.25, 0.3) is 0 Å². The number of esters is 2. The summed E-state index contributed by atoms with van der Waals surface area (Å²) in [4.78, 5) is 38.1. The Hall–Kier alpha value is -1.99. The highest BCUT2D eigenvalue weighted by Gasteiger charge is 2.22. The van der Waals surface area contributed by atoms with Crippen molar-refractivity contribution in [3.8, 4) is 0 Å². The summed E-state index contributed by atoms with van der Waals surface area (Å²) in [6.45, 7) is 6.53. The lowest BCUT2D eigenvalue weighted by molar-refractivity contribution is -0.890. The van der Waals surface area contributed by atoms with E-state index in [9.17, 15) is 19.5 Å². The summed E-state index contributed by atoms with van der Waals surface area (Å²) in [7, 11) is 4.12. The molecule has 7 nitrogen and oxygen atoms in total. The number of unbranched alkanes of at least 4 members (excludes halogenated alkanes) is 22. The topological polar surface area (TPSA) is 89.9 Å². The van der Waals surface area contributed by atoms with Crippen LogP contribution in [0.5, 0.6) is 0 Å². The molecular formula is C49H92NO6+. The van der Waals surface area contributed by atoms with Gasteiger partial charge < -0.3 is 19.1 Å². The number of ketones is 1. The minimum absolute atomic E-state index is 0.119. The Balaban J connectivity index is 4.26. The third kappa shape index (κ3) is 38.9. The second kappa shape index (κ2) is 41.2. The van der Waals surface area contributed by atoms with Gasteiger partial charge in [-0.3, -0.25) is 14.4 Å². The number of Topliss-reactive ketones (excluding diaryl/α,β-unsaturated/α-hetero) is 1. The molecule has 0 bridgehead atoms. The smallest absolute Gasteiger partial charge is 0.305 e. The van der Waals surface area contributed by atoms with Crippen molar-refractivity contribution in [2.75, 3.05) is 47.0 Å². The SMILES string of the molecule is CCCCCCCCC=CCCCCCCCC(=O)OCCC(CCOC(=O)CCCCCCCC=CCCCCCCCC)C(=O)CCC[N+](C)(C)CCO. The molecule has 0 aromatic rings. The van der Waals surface area contributed by atoms with Crippen molar-refractivity contribution in [3.05, 3.63) is 24.3 Å². The van der Waals surface area contributed by atoms with Crippen LogP contribution in [0.4, 0.5) is 0 Å². The Bertz CT molecular complexity index is 902. The first-order valence-electron chi connectivity index (χ1n) is 23.8. The molecule has 0 aromatic carbocycles. The summed E-state index contributed by atoms with van der Waals surface area (Å²) in [5.41, 5.74) is 0. The van der Waals surface area contributed by atoms with E-state index in [0.717, 1.165) is 64.3 Å². The second-order valence-electron chi connectivity index (χ2n) is 17.1. The predicted molar refractivity (Wildman–Crippen MR) is 237 cm³/mol. The van der Waals surface area contributed by atoms with E-state index in [-0.39, 0.29) is 43.5 Å². The van der Waals surface area contributed by atoms with Crippen molar-refractivity contribution in [2.24, 2.45) is 5.92 Å². The van der Waals surface area contributed by atoms with Gasteiger partial charge in [-0.05, 0) is 77.0 Å². The first kappa shape index (κ1) is 54.0. The van der Waals surface area contributed by atoms with E-state index in [4.69, 9.17) is 9.47 Å². The molecule has 0 fully saturated rings. The second-order valence-corrected chi connectivity index (χ2v) is 17.1. The van der Waals surface area contributed by atoms with E-state index < -0.39 is 0 Å². The number of hydrogen-bond donors (Lipinski definition) is 1. The maximum absolute atomic E-state index is 13.3. The van der Waals surface area contributed by atoms with Crippen molar-refractivity contribution in [2.45, 2.75) is 219 Å². The normalized spacial score (nSPS) is 12.5. The van der Waals surface area contributed by atoms with E-state index in [2.05, 4.69) is 52.2 Å². The summed E-state index contributed by atoms with van der Waals surface area (Å²) in [5, 5.41) is 9.34. The van der Waals surface area contributed by atoms with Crippen LogP contribution in [0.2, 0.25) is 0 Å². The molecule has 0 rings (SSSR count). The van der Waals surface area contributed by atoms with Crippen LogP contribution in [0.1, 0.15) is 219 Å². The van der Waals surface area contributed by atoms with Crippen LogP contribution in [0, 0.1) is 5.92 Å². The molecule has 0 saturated carbocycles. The number of ether oxygens (including phenoxy) is 2. The Kier molecular flexibility index (Phi) is 39.7. The number of carbonyl (C=O) groups excluding carboxylic acids is 3. The largest absolute Gasteiger partial charge is 0.466 e. The molecule has 328 valence electrons. The predicted octanol–water partition coefficient (Wildman–Crippen LogP) is 13.0. The van der Waals surface area contributed by atoms with Gasteiger partial charge in [0.05, 0.1) is 40.5 Å². The molecular weight excluding hydrogens is 699 g/mol. The lowest BCUT2D eigenvalue weighted by Gasteiger charge is -2.29. The highest BCUT2D eigenvalue weighted by atomic mass is 16.5. The number of carbonyl (C=O) groups is 3. The van der Waals surface area contributed by atoms with Crippen LogP contribution in [-0.2, 0) is 23.9 Å². The van der Waals surface area contributed by atoms with E-state index in [1.165, 1.54) is 116 Å². The molecule has 0 atom stereocenters. The fourth-order valence-corrected chi connectivity index (χ4v) is 7.19. The number of quaternary nitrogens is 1. The van der Waals surface area contributed by atoms with Gasteiger partial charge in [-0.15, -0.1) is 0 Å². The number of likely N-dealkylation sites (N-methyl/N-ethyl adjacent to an activating group) is 1. The number of nitrogens with zero attached hydrogens (tertiary/aromatic N) is 1. The van der Waals surface area contributed by atoms with Crippen LogP contribution in [0.3, 0.4) is 0 Å². The lowest BCUT2D eigenvalue weighted by atomic mass is 9.94. The van der Waals surface area contributed by atoms with Gasteiger partial charge in [0.2, 0.25) is 0 Å². The van der Waals surface area contributed by atoms with Gasteiger partial charge in [0, 0.05) is 31.6 Å². The zero-order chi connectivity index (χ0) is 41.2. The summed E-state index contributed by atoms with van der Waals surface area (Å²) >= 11 is 0. The first-order valence-corrected chi connectivity index (χ1v) is 23.8. The van der Waals surface area contributed by atoms with E-state index in [1.807, 2.05) is 0 Å². The summed E-state index contributed by atoms with van der Waals surface area (Å²) in [6.07, 6.45) is 44.0. The van der Waals surface area contributed by atoms with Crippen LogP contribution < -0.4 is 0 Å². The quantitative estimate of drug-likeness (QED) is 0.0286. The standard InChI is InChI=1S/C49H92NO6/c1-5-7-9-11-13-15-17-19-21-23-25-27-29-31-33-37-48(53)55-44-39-46(47(52)36-35-41-50(3,4)42-43-51)40-45-56-49(54)38-34-32-30-28-26-24-22-20-18-16-14-12-10-8-6-2/h19-22,46,51H,5-18,23-45H2,1-4H3/q+1. The van der Waals surface area contributed by atoms with Crippen molar-refractivity contribution in [1.29, 1.82) is 0 Å². The Morgan fingerprint density at radius 3 is 1.21 bits per heavy atom. The Labute approximate surface area is 346 Å². The maximum atomic E-state index is 13.3. The number of aliphatic hydroxyl groups is 1. The van der Waals surface area contributed by atoms with Gasteiger partial charge in [0.1, 0.15) is 12.3 Å². The molecule has 0 aliphatic heterocycles. The van der Waals surface area contributed by atoms with Crippen LogP contribution in [-0.4, -0.2) is 74.3 Å². The van der Waals surface area contributed by atoms with Crippen molar-refractivity contribution < 1.29 is 33.4 Å². The highest BCUT2D eigenvalue weighted by Crippen LogP contribution is 2.17. The maximum Gasteiger partial charge on any atom is 0.305 e. The van der Waals surface area contributed by atoms with Gasteiger partial charge >= 0.3 is 11.9 Å². The molecule has 0 aliphatic rings. The van der Waals surface area contributed by atoms with E-state index in [1.54, 1.807) is 0 Å². The van der Waals surface area contributed by atoms with E-state index >= 15 is 0 Å². The fraction of sp³-hybridized carbons (Fsp3) is 0.857.